The van der Waals surface area contributed by atoms with Crippen LogP contribution >= 0.6 is 0 Å². The second kappa shape index (κ2) is 8.15. The Morgan fingerprint density at radius 3 is 2.71 bits per heavy atom. The minimum atomic E-state index is -0.449. The smallest absolute Gasteiger partial charge is 0.307 e. The zero-order chi connectivity index (χ0) is 15.8. The summed E-state index contributed by atoms with van der Waals surface area (Å²) in [7, 11) is 2.88. The summed E-state index contributed by atoms with van der Waals surface area (Å²) in [6.45, 7) is 2.87. The lowest BCUT2D eigenvalue weighted by Crippen LogP contribution is -2.30. The van der Waals surface area contributed by atoms with Crippen molar-refractivity contribution in [2.24, 2.45) is 0 Å². The van der Waals surface area contributed by atoms with Gasteiger partial charge in [0.1, 0.15) is 5.82 Å². The standard InChI is InChI=1S/C13H19N3O5/c1-10-9-14-12(8-11(10)16(18)19)15(6-7-20-2)5-4-13(17)21-3/h8-9H,4-7H2,1-3H3. The maximum Gasteiger partial charge on any atom is 0.307 e. The fourth-order valence-corrected chi connectivity index (χ4v) is 1.74. The van der Waals surface area contributed by atoms with Gasteiger partial charge in [-0.25, -0.2) is 4.98 Å². The molecule has 1 aromatic heterocycles. The van der Waals surface area contributed by atoms with Gasteiger partial charge in [0, 0.05) is 32.0 Å². The van der Waals surface area contributed by atoms with E-state index in [0.29, 0.717) is 31.1 Å². The molecule has 0 fully saturated rings. The fraction of sp³-hybridized carbons (Fsp3) is 0.538. The molecule has 1 rings (SSSR count). The number of ether oxygens (including phenoxy) is 2. The van der Waals surface area contributed by atoms with E-state index in [1.807, 2.05) is 0 Å². The molecule has 0 atom stereocenters. The molecule has 0 aliphatic rings. The monoisotopic (exact) mass is 297 g/mol. The molecule has 0 saturated carbocycles. The van der Waals surface area contributed by atoms with E-state index in [0.717, 1.165) is 0 Å². The summed E-state index contributed by atoms with van der Waals surface area (Å²) in [5.41, 5.74) is 0.490. The third-order valence-electron chi connectivity index (χ3n) is 2.96. The summed E-state index contributed by atoms with van der Waals surface area (Å²) < 4.78 is 9.61. The first-order chi connectivity index (χ1) is 9.99. The molecule has 0 aromatic carbocycles. The molecule has 0 saturated heterocycles. The average Bonchev–Trinajstić information content (AvgIpc) is 2.47. The number of aryl methyl sites for hydroxylation is 1. The number of hydrogen-bond donors (Lipinski definition) is 0. The second-order valence-corrected chi connectivity index (χ2v) is 4.39. The molecule has 116 valence electrons. The Kier molecular flexibility index (Phi) is 6.54. The van der Waals surface area contributed by atoms with E-state index < -0.39 is 4.92 Å². The van der Waals surface area contributed by atoms with Crippen LogP contribution in [0.15, 0.2) is 12.3 Å². The number of nitrogens with zero attached hydrogens (tertiary/aromatic N) is 3. The van der Waals surface area contributed by atoms with Gasteiger partial charge in [0.15, 0.2) is 0 Å². The summed E-state index contributed by atoms with van der Waals surface area (Å²) >= 11 is 0. The number of rotatable bonds is 8. The highest BCUT2D eigenvalue weighted by atomic mass is 16.6. The van der Waals surface area contributed by atoms with Crippen LogP contribution in [0.2, 0.25) is 0 Å². The van der Waals surface area contributed by atoms with Crippen molar-refractivity contribution in [1.29, 1.82) is 0 Å². The zero-order valence-corrected chi connectivity index (χ0v) is 12.4. The Balaban J connectivity index is 2.93. The van der Waals surface area contributed by atoms with Crippen molar-refractivity contribution in [1.82, 2.24) is 4.98 Å². The van der Waals surface area contributed by atoms with Gasteiger partial charge in [-0.3, -0.25) is 14.9 Å². The number of esters is 1. The Labute approximate surface area is 122 Å². The molecular weight excluding hydrogens is 278 g/mol. The Morgan fingerprint density at radius 2 is 2.14 bits per heavy atom. The first-order valence-electron chi connectivity index (χ1n) is 6.41. The topological polar surface area (TPSA) is 94.8 Å². The molecule has 1 aromatic rings. The van der Waals surface area contributed by atoms with Gasteiger partial charge in [-0.15, -0.1) is 0 Å². The van der Waals surface area contributed by atoms with E-state index in [-0.39, 0.29) is 18.1 Å². The summed E-state index contributed by atoms with van der Waals surface area (Å²) in [6.07, 6.45) is 1.62. The molecule has 1 heterocycles. The quantitative estimate of drug-likeness (QED) is 0.405. The lowest BCUT2D eigenvalue weighted by Gasteiger charge is -2.22. The van der Waals surface area contributed by atoms with Crippen molar-refractivity contribution in [3.8, 4) is 0 Å². The summed E-state index contributed by atoms with van der Waals surface area (Å²) in [6, 6.07) is 1.41. The first-order valence-corrected chi connectivity index (χ1v) is 6.41. The van der Waals surface area contributed by atoms with Gasteiger partial charge >= 0.3 is 5.97 Å². The number of methoxy groups -OCH3 is 2. The van der Waals surface area contributed by atoms with E-state index in [1.165, 1.54) is 19.4 Å². The lowest BCUT2D eigenvalue weighted by atomic mass is 10.2. The van der Waals surface area contributed by atoms with Crippen LogP contribution in [0.3, 0.4) is 0 Å². The third-order valence-corrected chi connectivity index (χ3v) is 2.96. The molecule has 8 heteroatoms. The molecule has 0 N–H and O–H groups in total. The van der Waals surface area contributed by atoms with Gasteiger partial charge in [0.2, 0.25) is 0 Å². The average molecular weight is 297 g/mol. The van der Waals surface area contributed by atoms with Crippen LogP contribution in [0.4, 0.5) is 11.5 Å². The highest BCUT2D eigenvalue weighted by Crippen LogP contribution is 2.22. The second-order valence-electron chi connectivity index (χ2n) is 4.39. The summed E-state index contributed by atoms with van der Waals surface area (Å²) in [4.78, 5) is 27.7. The number of aromatic nitrogens is 1. The number of hydrogen-bond acceptors (Lipinski definition) is 7. The summed E-state index contributed by atoms with van der Waals surface area (Å²) in [5, 5.41) is 11.0. The largest absolute Gasteiger partial charge is 0.469 e. The van der Waals surface area contributed by atoms with Crippen molar-refractivity contribution in [2.75, 3.05) is 38.8 Å². The van der Waals surface area contributed by atoms with Crippen molar-refractivity contribution in [2.45, 2.75) is 13.3 Å². The molecular formula is C13H19N3O5. The van der Waals surface area contributed by atoms with Crippen LogP contribution in [-0.4, -0.2) is 49.8 Å². The molecule has 0 radical (unpaired) electrons. The predicted molar refractivity (Wildman–Crippen MR) is 76.4 cm³/mol. The van der Waals surface area contributed by atoms with Crippen molar-refractivity contribution < 1.29 is 19.2 Å². The van der Waals surface area contributed by atoms with Crippen molar-refractivity contribution in [3.05, 3.63) is 27.9 Å². The molecule has 0 aliphatic heterocycles. The van der Waals surface area contributed by atoms with Crippen LogP contribution in [0.5, 0.6) is 0 Å². The zero-order valence-electron chi connectivity index (χ0n) is 12.4. The maximum atomic E-state index is 11.2. The molecule has 0 spiro atoms. The van der Waals surface area contributed by atoms with Gasteiger partial charge in [0.05, 0.1) is 31.1 Å². The van der Waals surface area contributed by atoms with Crippen molar-refractivity contribution in [3.63, 3.8) is 0 Å². The van der Waals surface area contributed by atoms with Gasteiger partial charge in [-0.05, 0) is 6.92 Å². The van der Waals surface area contributed by atoms with Gasteiger partial charge in [-0.1, -0.05) is 0 Å². The Hall–Kier alpha value is -2.22. The normalized spacial score (nSPS) is 10.2. The van der Waals surface area contributed by atoms with Crippen LogP contribution in [0, 0.1) is 17.0 Å². The number of nitro groups is 1. The van der Waals surface area contributed by atoms with E-state index in [9.17, 15) is 14.9 Å². The highest BCUT2D eigenvalue weighted by Gasteiger charge is 2.17. The number of carbonyl (C=O) groups is 1. The minimum Gasteiger partial charge on any atom is -0.469 e. The highest BCUT2D eigenvalue weighted by molar-refractivity contribution is 5.70. The number of carbonyl (C=O) groups excluding carboxylic acids is 1. The predicted octanol–water partition coefficient (Wildman–Crippen LogP) is 1.31. The van der Waals surface area contributed by atoms with E-state index in [4.69, 9.17) is 4.74 Å². The van der Waals surface area contributed by atoms with Gasteiger partial charge in [0.25, 0.3) is 5.69 Å². The molecule has 8 nitrogen and oxygen atoms in total. The molecule has 0 amide bonds. The molecule has 21 heavy (non-hydrogen) atoms. The fourth-order valence-electron chi connectivity index (χ4n) is 1.74. The van der Waals surface area contributed by atoms with E-state index >= 15 is 0 Å². The van der Waals surface area contributed by atoms with Gasteiger partial charge in [-0.2, -0.15) is 0 Å². The maximum absolute atomic E-state index is 11.2. The molecule has 0 bridgehead atoms. The molecule has 0 unspecified atom stereocenters. The minimum absolute atomic E-state index is 0.000449. The number of pyridine rings is 1. The van der Waals surface area contributed by atoms with Crippen LogP contribution in [0.25, 0.3) is 0 Å². The van der Waals surface area contributed by atoms with E-state index in [2.05, 4.69) is 9.72 Å². The van der Waals surface area contributed by atoms with Crippen molar-refractivity contribution >= 4 is 17.5 Å². The third kappa shape index (κ3) is 4.99. The Bertz CT molecular complexity index is 507. The van der Waals surface area contributed by atoms with Crippen LogP contribution < -0.4 is 4.90 Å². The first kappa shape index (κ1) is 16.8. The summed E-state index contributed by atoms with van der Waals surface area (Å²) in [5.74, 6) is 0.0901. The lowest BCUT2D eigenvalue weighted by molar-refractivity contribution is -0.385. The number of anilines is 1. The van der Waals surface area contributed by atoms with Crippen LogP contribution in [0.1, 0.15) is 12.0 Å². The van der Waals surface area contributed by atoms with E-state index in [1.54, 1.807) is 18.9 Å². The molecule has 0 aliphatic carbocycles. The van der Waals surface area contributed by atoms with Crippen LogP contribution in [-0.2, 0) is 14.3 Å². The van der Waals surface area contributed by atoms with Gasteiger partial charge < -0.3 is 14.4 Å². The Morgan fingerprint density at radius 1 is 1.43 bits per heavy atom. The SMILES string of the molecule is COCCN(CCC(=O)OC)c1cc([N+](=O)[O-])c(C)cn1.